The Kier molecular flexibility index (Phi) is 5.81. The van der Waals surface area contributed by atoms with E-state index in [1.54, 1.807) is 9.80 Å². The lowest BCUT2D eigenvalue weighted by atomic mass is 9.93. The number of carboxylic acids is 1. The lowest BCUT2D eigenvalue weighted by molar-refractivity contribution is -0.147. The standard InChI is InChI=1S/C18H29N3O4/c22-16(20-10-7-13(8-11-20)17(23)24)14-4-3-9-21(12-14)18(25)19-15-5-1-2-6-15/h13-15H,1-12H2,(H,19,25)(H,23,24). The highest BCUT2D eigenvalue weighted by Crippen LogP contribution is 2.24. The van der Waals surface area contributed by atoms with Crippen LogP contribution in [-0.2, 0) is 9.59 Å². The van der Waals surface area contributed by atoms with Crippen molar-refractivity contribution < 1.29 is 19.5 Å². The first-order valence-corrected chi connectivity index (χ1v) is 9.61. The molecule has 7 nitrogen and oxygen atoms in total. The third-order valence-electron chi connectivity index (χ3n) is 5.90. The van der Waals surface area contributed by atoms with Gasteiger partial charge >= 0.3 is 12.0 Å². The van der Waals surface area contributed by atoms with E-state index >= 15 is 0 Å². The van der Waals surface area contributed by atoms with E-state index in [0.717, 1.165) is 25.7 Å². The van der Waals surface area contributed by atoms with E-state index in [-0.39, 0.29) is 23.8 Å². The Bertz CT molecular complexity index is 510. The molecule has 0 bridgehead atoms. The second-order valence-corrected chi connectivity index (χ2v) is 7.65. The van der Waals surface area contributed by atoms with Crippen molar-refractivity contribution in [1.82, 2.24) is 15.1 Å². The summed E-state index contributed by atoms with van der Waals surface area (Å²) in [5.74, 6) is -1.16. The van der Waals surface area contributed by atoms with Crippen molar-refractivity contribution in [1.29, 1.82) is 0 Å². The average molecular weight is 351 g/mol. The summed E-state index contributed by atoms with van der Waals surface area (Å²) in [5.41, 5.74) is 0. The van der Waals surface area contributed by atoms with Crippen LogP contribution >= 0.6 is 0 Å². The summed E-state index contributed by atoms with van der Waals surface area (Å²) in [6, 6.07) is 0.257. The minimum absolute atomic E-state index is 0.0333. The zero-order chi connectivity index (χ0) is 17.8. The first-order valence-electron chi connectivity index (χ1n) is 9.61. The van der Waals surface area contributed by atoms with E-state index in [4.69, 9.17) is 5.11 Å². The number of urea groups is 1. The molecule has 7 heteroatoms. The van der Waals surface area contributed by atoms with Gasteiger partial charge in [0.15, 0.2) is 0 Å². The molecule has 3 amide bonds. The first-order chi connectivity index (χ1) is 12.0. The SMILES string of the molecule is O=C(O)C1CCN(C(=O)C2CCCN(C(=O)NC3CCCC3)C2)CC1. The molecule has 3 aliphatic rings. The highest BCUT2D eigenvalue weighted by molar-refractivity contribution is 5.81. The van der Waals surface area contributed by atoms with E-state index < -0.39 is 5.97 Å². The van der Waals surface area contributed by atoms with Crippen LogP contribution in [0.4, 0.5) is 4.79 Å². The molecule has 25 heavy (non-hydrogen) atoms. The maximum atomic E-state index is 12.8. The molecule has 0 spiro atoms. The van der Waals surface area contributed by atoms with Gasteiger partial charge in [0.2, 0.25) is 5.91 Å². The van der Waals surface area contributed by atoms with Crippen LogP contribution in [0.25, 0.3) is 0 Å². The summed E-state index contributed by atoms with van der Waals surface area (Å²) in [4.78, 5) is 39.8. The van der Waals surface area contributed by atoms with Crippen LogP contribution in [0.2, 0.25) is 0 Å². The van der Waals surface area contributed by atoms with Crippen molar-refractivity contribution in [3.63, 3.8) is 0 Å². The Morgan fingerprint density at radius 3 is 2.12 bits per heavy atom. The van der Waals surface area contributed by atoms with Gasteiger partial charge in [-0.2, -0.15) is 0 Å². The highest BCUT2D eigenvalue weighted by atomic mass is 16.4. The number of hydrogen-bond donors (Lipinski definition) is 2. The Morgan fingerprint density at radius 1 is 0.800 bits per heavy atom. The number of nitrogens with one attached hydrogen (secondary N) is 1. The summed E-state index contributed by atoms with van der Waals surface area (Å²) in [6.07, 6.45) is 7.18. The molecule has 140 valence electrons. The van der Waals surface area contributed by atoms with Gasteiger partial charge in [-0.25, -0.2) is 4.79 Å². The Morgan fingerprint density at radius 2 is 1.48 bits per heavy atom. The van der Waals surface area contributed by atoms with Gasteiger partial charge in [-0.05, 0) is 38.5 Å². The third kappa shape index (κ3) is 4.44. The molecular weight excluding hydrogens is 322 g/mol. The molecule has 2 heterocycles. The molecule has 1 aliphatic carbocycles. The van der Waals surface area contributed by atoms with Gasteiger partial charge in [-0.3, -0.25) is 9.59 Å². The molecule has 0 radical (unpaired) electrons. The molecule has 3 fully saturated rings. The van der Waals surface area contributed by atoms with Crippen LogP contribution in [0.1, 0.15) is 51.4 Å². The second-order valence-electron chi connectivity index (χ2n) is 7.65. The molecule has 1 atom stereocenters. The molecule has 2 N–H and O–H groups in total. The monoisotopic (exact) mass is 351 g/mol. The quantitative estimate of drug-likeness (QED) is 0.809. The molecule has 3 rings (SSSR count). The van der Waals surface area contributed by atoms with E-state index in [9.17, 15) is 14.4 Å². The average Bonchev–Trinajstić information content (AvgIpc) is 3.14. The predicted octanol–water partition coefficient (Wildman–Crippen LogP) is 1.67. The zero-order valence-corrected chi connectivity index (χ0v) is 14.8. The summed E-state index contributed by atoms with van der Waals surface area (Å²) in [6.45, 7) is 2.22. The van der Waals surface area contributed by atoms with Gasteiger partial charge in [0, 0.05) is 32.2 Å². The molecule has 2 saturated heterocycles. The Hall–Kier alpha value is -1.79. The van der Waals surface area contributed by atoms with Gasteiger partial charge in [-0.15, -0.1) is 0 Å². The van der Waals surface area contributed by atoms with Crippen molar-refractivity contribution in [2.75, 3.05) is 26.2 Å². The molecule has 0 aromatic heterocycles. The fourth-order valence-corrected chi connectivity index (χ4v) is 4.30. The molecule has 2 aliphatic heterocycles. The lowest BCUT2D eigenvalue weighted by Gasteiger charge is -2.37. The number of hydrogen-bond acceptors (Lipinski definition) is 3. The molecule has 1 saturated carbocycles. The number of carbonyl (C=O) groups excluding carboxylic acids is 2. The highest BCUT2D eigenvalue weighted by Gasteiger charge is 2.34. The maximum Gasteiger partial charge on any atom is 0.317 e. The largest absolute Gasteiger partial charge is 0.481 e. The minimum Gasteiger partial charge on any atom is -0.481 e. The number of rotatable bonds is 3. The summed E-state index contributed by atoms with van der Waals surface area (Å²) in [7, 11) is 0. The van der Waals surface area contributed by atoms with Crippen LogP contribution in [0.15, 0.2) is 0 Å². The fourth-order valence-electron chi connectivity index (χ4n) is 4.30. The molecule has 1 unspecified atom stereocenters. The van der Waals surface area contributed by atoms with E-state index in [1.807, 2.05) is 0 Å². The van der Waals surface area contributed by atoms with Crippen LogP contribution in [0.3, 0.4) is 0 Å². The van der Waals surface area contributed by atoms with E-state index in [1.165, 1.54) is 12.8 Å². The van der Waals surface area contributed by atoms with Crippen molar-refractivity contribution in [2.24, 2.45) is 11.8 Å². The van der Waals surface area contributed by atoms with Crippen molar-refractivity contribution in [3.05, 3.63) is 0 Å². The number of nitrogens with zero attached hydrogens (tertiary/aromatic N) is 2. The number of amides is 3. The van der Waals surface area contributed by atoms with E-state index in [0.29, 0.717) is 45.1 Å². The Balaban J connectivity index is 1.49. The summed E-state index contributed by atoms with van der Waals surface area (Å²) in [5, 5.41) is 12.2. The number of carbonyl (C=O) groups is 3. The third-order valence-corrected chi connectivity index (χ3v) is 5.90. The van der Waals surface area contributed by atoms with E-state index in [2.05, 4.69) is 5.32 Å². The number of carboxylic acid groups (broad SMARTS) is 1. The second kappa shape index (κ2) is 8.06. The fraction of sp³-hybridized carbons (Fsp3) is 0.833. The van der Waals surface area contributed by atoms with Crippen molar-refractivity contribution in [2.45, 2.75) is 57.4 Å². The van der Waals surface area contributed by atoms with Gasteiger partial charge in [0.25, 0.3) is 0 Å². The van der Waals surface area contributed by atoms with Gasteiger partial charge < -0.3 is 20.2 Å². The zero-order valence-electron chi connectivity index (χ0n) is 14.8. The smallest absolute Gasteiger partial charge is 0.317 e. The van der Waals surface area contributed by atoms with Crippen molar-refractivity contribution in [3.8, 4) is 0 Å². The lowest BCUT2D eigenvalue weighted by Crippen LogP contribution is -2.52. The van der Waals surface area contributed by atoms with Crippen LogP contribution in [-0.4, -0.2) is 65.0 Å². The number of aliphatic carboxylic acids is 1. The minimum atomic E-state index is -0.764. The normalized spacial score (nSPS) is 25.8. The van der Waals surface area contributed by atoms with Crippen LogP contribution in [0, 0.1) is 11.8 Å². The topological polar surface area (TPSA) is 90.0 Å². The van der Waals surface area contributed by atoms with Crippen molar-refractivity contribution >= 4 is 17.9 Å². The summed E-state index contributed by atoms with van der Waals surface area (Å²) < 4.78 is 0. The molecular formula is C18H29N3O4. The van der Waals surface area contributed by atoms with Gasteiger partial charge in [-0.1, -0.05) is 12.8 Å². The molecule has 0 aromatic carbocycles. The van der Waals surface area contributed by atoms with Gasteiger partial charge in [0.05, 0.1) is 11.8 Å². The first kappa shape index (κ1) is 18.0. The van der Waals surface area contributed by atoms with Crippen LogP contribution < -0.4 is 5.32 Å². The molecule has 0 aromatic rings. The number of piperidine rings is 2. The Labute approximate surface area is 148 Å². The van der Waals surface area contributed by atoms with Crippen LogP contribution in [0.5, 0.6) is 0 Å². The number of likely N-dealkylation sites (tertiary alicyclic amines) is 2. The summed E-state index contributed by atoms with van der Waals surface area (Å²) >= 11 is 0. The predicted molar refractivity (Wildman–Crippen MR) is 92.0 cm³/mol. The maximum absolute atomic E-state index is 12.8. The van der Waals surface area contributed by atoms with Gasteiger partial charge in [0.1, 0.15) is 0 Å².